The van der Waals surface area contributed by atoms with Crippen molar-refractivity contribution in [2.45, 2.75) is 25.7 Å². The van der Waals surface area contributed by atoms with Crippen LogP contribution in [0, 0.1) is 20.8 Å². The first-order chi connectivity index (χ1) is 15.7. The van der Waals surface area contributed by atoms with E-state index >= 15 is 0 Å². The summed E-state index contributed by atoms with van der Waals surface area (Å²) in [5.74, 6) is 0.857. The minimum absolute atomic E-state index is 0.0859. The largest absolute Gasteiger partial charge is 0.495 e. The third-order valence-corrected chi connectivity index (χ3v) is 6.64. The van der Waals surface area contributed by atoms with E-state index in [-0.39, 0.29) is 10.5 Å². The molecule has 2 aromatic carbocycles. The number of methoxy groups -OCH3 is 1. The van der Waals surface area contributed by atoms with E-state index in [2.05, 4.69) is 15.0 Å². The van der Waals surface area contributed by atoms with E-state index in [0.717, 1.165) is 0 Å². The summed E-state index contributed by atoms with van der Waals surface area (Å²) in [4.78, 5) is 12.5. The summed E-state index contributed by atoms with van der Waals surface area (Å²) in [6.07, 6.45) is 0. The number of nitrogens with one attached hydrogen (secondary N) is 1. The van der Waals surface area contributed by atoms with Crippen molar-refractivity contribution in [2.75, 3.05) is 11.8 Å². The molecule has 0 bridgehead atoms. The number of para-hydroxylation sites is 2. The van der Waals surface area contributed by atoms with E-state index in [0.29, 0.717) is 45.4 Å². The number of aromatic nitrogens is 3. The molecule has 2 heterocycles. The fourth-order valence-electron chi connectivity index (χ4n) is 3.48. The molecule has 0 amide bonds. The van der Waals surface area contributed by atoms with Crippen LogP contribution in [-0.4, -0.2) is 30.5 Å². The van der Waals surface area contributed by atoms with Crippen LogP contribution in [-0.2, 0) is 10.0 Å². The Morgan fingerprint density at radius 1 is 1.03 bits per heavy atom. The number of rotatable bonds is 6. The first-order valence-electron chi connectivity index (χ1n) is 10.0. The molecular formula is C23H22N4O5S. The molecule has 0 fully saturated rings. The molecule has 1 N–H and O–H groups in total. The van der Waals surface area contributed by atoms with E-state index in [4.69, 9.17) is 9.26 Å². The van der Waals surface area contributed by atoms with Crippen LogP contribution in [0.4, 0.5) is 5.69 Å². The van der Waals surface area contributed by atoms with E-state index in [1.165, 1.54) is 23.9 Å². The van der Waals surface area contributed by atoms with Gasteiger partial charge in [-0.2, -0.15) is 9.78 Å². The Balaban J connectivity index is 1.78. The Labute approximate surface area is 190 Å². The number of anilines is 1. The highest BCUT2D eigenvalue weighted by molar-refractivity contribution is 7.92. The van der Waals surface area contributed by atoms with Crippen LogP contribution in [0.3, 0.4) is 0 Å². The van der Waals surface area contributed by atoms with Gasteiger partial charge in [0.1, 0.15) is 17.1 Å². The topological polar surface area (TPSA) is 116 Å². The molecule has 0 aliphatic heterocycles. The molecule has 0 aliphatic rings. The van der Waals surface area contributed by atoms with Crippen molar-refractivity contribution in [3.05, 3.63) is 82.0 Å². The standard InChI is InChI=1S/C23H22N4O5S/c1-14-9-10-17(13-21(14)33(29,30)26-19-7-5-6-8-20(19)31-4)18-11-12-22(28)27(24-18)23-15(2)25-32-16(23)3/h5-13,26H,1-4H3. The van der Waals surface area contributed by atoms with Crippen molar-refractivity contribution >= 4 is 15.7 Å². The summed E-state index contributed by atoms with van der Waals surface area (Å²) >= 11 is 0. The predicted molar refractivity (Wildman–Crippen MR) is 123 cm³/mol. The number of hydrogen-bond donors (Lipinski definition) is 1. The number of benzene rings is 2. The highest BCUT2D eigenvalue weighted by atomic mass is 32.2. The minimum atomic E-state index is -3.93. The summed E-state index contributed by atoms with van der Waals surface area (Å²) < 4.78 is 40.6. The molecule has 0 aliphatic carbocycles. The van der Waals surface area contributed by atoms with Crippen molar-refractivity contribution in [1.29, 1.82) is 0 Å². The van der Waals surface area contributed by atoms with E-state index in [1.807, 2.05) is 0 Å². The summed E-state index contributed by atoms with van der Waals surface area (Å²) in [5, 5.41) is 8.32. The number of aryl methyl sites for hydroxylation is 3. The fraction of sp³-hybridized carbons (Fsp3) is 0.174. The van der Waals surface area contributed by atoms with Crippen molar-refractivity contribution in [1.82, 2.24) is 14.9 Å². The van der Waals surface area contributed by atoms with Gasteiger partial charge in [-0.25, -0.2) is 8.42 Å². The summed E-state index contributed by atoms with van der Waals surface area (Å²) in [6, 6.07) is 14.6. The maximum absolute atomic E-state index is 13.2. The van der Waals surface area contributed by atoms with Gasteiger partial charge >= 0.3 is 0 Å². The van der Waals surface area contributed by atoms with Gasteiger partial charge in [-0.3, -0.25) is 9.52 Å². The van der Waals surface area contributed by atoms with Crippen LogP contribution in [0.15, 0.2) is 68.8 Å². The molecule has 0 atom stereocenters. The molecule has 0 saturated heterocycles. The number of nitrogens with zero attached hydrogens (tertiary/aromatic N) is 3. The Hall–Kier alpha value is -3.92. The second-order valence-corrected chi connectivity index (χ2v) is 9.08. The monoisotopic (exact) mass is 466 g/mol. The highest BCUT2D eigenvalue weighted by Crippen LogP contribution is 2.29. The average molecular weight is 467 g/mol. The lowest BCUT2D eigenvalue weighted by molar-refractivity contribution is 0.392. The van der Waals surface area contributed by atoms with Crippen molar-refractivity contribution in [2.24, 2.45) is 0 Å². The predicted octanol–water partition coefficient (Wildman–Crippen LogP) is 3.62. The lowest BCUT2D eigenvalue weighted by Crippen LogP contribution is -2.21. The van der Waals surface area contributed by atoms with Gasteiger partial charge in [-0.05, 0) is 50.6 Å². The maximum atomic E-state index is 13.2. The van der Waals surface area contributed by atoms with Crippen LogP contribution < -0.4 is 15.0 Å². The van der Waals surface area contributed by atoms with Crippen LogP contribution in [0.5, 0.6) is 5.75 Å². The molecule has 4 aromatic rings. The molecule has 10 heteroatoms. The zero-order chi connectivity index (χ0) is 23.8. The SMILES string of the molecule is COc1ccccc1NS(=O)(=O)c1cc(-c2ccc(=O)n(-c3c(C)noc3C)n2)ccc1C. The summed E-state index contributed by atoms with van der Waals surface area (Å²) in [5.41, 5.74) is 2.46. The molecule has 0 radical (unpaired) electrons. The van der Waals surface area contributed by atoms with E-state index in [1.54, 1.807) is 63.2 Å². The first-order valence-corrected chi connectivity index (χ1v) is 11.5. The van der Waals surface area contributed by atoms with Crippen LogP contribution in [0.25, 0.3) is 16.9 Å². The molecule has 33 heavy (non-hydrogen) atoms. The third kappa shape index (κ3) is 4.24. The smallest absolute Gasteiger partial charge is 0.271 e. The average Bonchev–Trinajstić information content (AvgIpc) is 3.12. The van der Waals surface area contributed by atoms with E-state index in [9.17, 15) is 13.2 Å². The van der Waals surface area contributed by atoms with Gasteiger partial charge in [0.2, 0.25) is 0 Å². The number of ether oxygens (including phenoxy) is 1. The second kappa shape index (κ2) is 8.55. The Morgan fingerprint density at radius 3 is 2.48 bits per heavy atom. The van der Waals surface area contributed by atoms with E-state index < -0.39 is 10.0 Å². The van der Waals surface area contributed by atoms with Gasteiger partial charge in [0.25, 0.3) is 15.6 Å². The van der Waals surface area contributed by atoms with Crippen molar-refractivity contribution in [3.63, 3.8) is 0 Å². The first kappa shape index (κ1) is 22.3. The zero-order valence-electron chi connectivity index (χ0n) is 18.5. The molecule has 9 nitrogen and oxygen atoms in total. The lowest BCUT2D eigenvalue weighted by atomic mass is 10.1. The molecule has 2 aromatic heterocycles. The molecular weight excluding hydrogens is 444 g/mol. The number of hydrogen-bond acceptors (Lipinski definition) is 7. The molecule has 4 rings (SSSR count). The van der Waals surface area contributed by atoms with Crippen molar-refractivity contribution in [3.8, 4) is 22.7 Å². The Kier molecular flexibility index (Phi) is 5.77. The number of sulfonamides is 1. The van der Waals surface area contributed by atoms with Gasteiger partial charge in [0.15, 0.2) is 5.76 Å². The molecule has 0 spiro atoms. The van der Waals surface area contributed by atoms with Crippen molar-refractivity contribution < 1.29 is 17.7 Å². The fourth-order valence-corrected chi connectivity index (χ4v) is 4.83. The normalized spacial score (nSPS) is 11.4. The second-order valence-electron chi connectivity index (χ2n) is 7.43. The lowest BCUT2D eigenvalue weighted by Gasteiger charge is -2.14. The van der Waals surface area contributed by atoms with Crippen LogP contribution in [0.1, 0.15) is 17.0 Å². The maximum Gasteiger partial charge on any atom is 0.271 e. The van der Waals surface area contributed by atoms with Gasteiger partial charge in [0, 0.05) is 11.6 Å². The highest BCUT2D eigenvalue weighted by Gasteiger charge is 2.21. The van der Waals surface area contributed by atoms with Gasteiger partial charge in [-0.1, -0.05) is 29.4 Å². The van der Waals surface area contributed by atoms with Crippen LogP contribution in [0.2, 0.25) is 0 Å². The van der Waals surface area contributed by atoms with Crippen LogP contribution >= 0.6 is 0 Å². The Bertz CT molecular complexity index is 1490. The summed E-state index contributed by atoms with van der Waals surface area (Å²) in [6.45, 7) is 5.11. The molecule has 0 unspecified atom stereocenters. The van der Waals surface area contributed by atoms with Gasteiger partial charge in [-0.15, -0.1) is 0 Å². The molecule has 170 valence electrons. The van der Waals surface area contributed by atoms with Gasteiger partial charge < -0.3 is 9.26 Å². The molecule has 0 saturated carbocycles. The zero-order valence-corrected chi connectivity index (χ0v) is 19.3. The minimum Gasteiger partial charge on any atom is -0.495 e. The van der Waals surface area contributed by atoms with Gasteiger partial charge in [0.05, 0.1) is 23.4 Å². The Morgan fingerprint density at radius 2 is 1.79 bits per heavy atom. The quantitative estimate of drug-likeness (QED) is 0.461. The summed E-state index contributed by atoms with van der Waals surface area (Å²) in [7, 11) is -2.46. The third-order valence-electron chi connectivity index (χ3n) is 5.13.